The van der Waals surface area contributed by atoms with Crippen molar-refractivity contribution in [2.75, 3.05) is 26.2 Å². The first-order chi connectivity index (χ1) is 25.4. The lowest BCUT2D eigenvalue weighted by atomic mass is 10.1. The van der Waals surface area contributed by atoms with E-state index in [9.17, 15) is 40.6 Å². The van der Waals surface area contributed by atoms with E-state index in [-0.39, 0.29) is 59.0 Å². The number of halogens is 7. The topological polar surface area (TPSA) is 69.1 Å². The van der Waals surface area contributed by atoms with Gasteiger partial charge in [0.05, 0.1) is 22.5 Å². The molecule has 7 nitrogen and oxygen atoms in total. The average molecular weight is 763 g/mol. The maximum Gasteiger partial charge on any atom is 0.416 e. The SMILES string of the molecule is CC(C)(C)OC(=O)N(CCCO)CCN(Cc1cccc(C(F)(F)F)c1)Cc1cccc(CN(Cc2cccc(F)c2)Cc2cccc(C(F)(F)F)c2)n1. The number of aromatic nitrogens is 1. The maximum absolute atomic E-state index is 14.1. The van der Waals surface area contributed by atoms with E-state index >= 15 is 0 Å². The van der Waals surface area contributed by atoms with E-state index in [1.165, 1.54) is 29.2 Å². The molecule has 0 aliphatic carbocycles. The normalized spacial score (nSPS) is 12.4. The molecule has 0 bridgehead atoms. The summed E-state index contributed by atoms with van der Waals surface area (Å²) in [5.41, 5.74) is 0.173. The third-order valence-electron chi connectivity index (χ3n) is 8.18. The summed E-state index contributed by atoms with van der Waals surface area (Å²) < 4.78 is 101. The van der Waals surface area contributed by atoms with Crippen molar-refractivity contribution in [2.24, 2.45) is 0 Å². The predicted octanol–water partition coefficient (Wildman–Crippen LogP) is 9.08. The number of alkyl halides is 6. The van der Waals surface area contributed by atoms with Gasteiger partial charge in [-0.3, -0.25) is 14.8 Å². The monoisotopic (exact) mass is 762 g/mol. The van der Waals surface area contributed by atoms with Crippen LogP contribution in [-0.4, -0.2) is 62.7 Å². The third kappa shape index (κ3) is 14.0. The van der Waals surface area contributed by atoms with Gasteiger partial charge in [0, 0.05) is 59.0 Å². The molecule has 0 radical (unpaired) electrons. The van der Waals surface area contributed by atoms with Crippen molar-refractivity contribution in [1.29, 1.82) is 0 Å². The van der Waals surface area contributed by atoms with Crippen LogP contribution in [0.5, 0.6) is 0 Å². The number of benzene rings is 3. The van der Waals surface area contributed by atoms with Crippen LogP contribution >= 0.6 is 0 Å². The number of amides is 1. The number of aliphatic hydroxyl groups excluding tert-OH is 1. The Morgan fingerprint density at radius 1 is 0.648 bits per heavy atom. The number of nitrogens with zero attached hydrogens (tertiary/aromatic N) is 4. The van der Waals surface area contributed by atoms with Gasteiger partial charge in [-0.25, -0.2) is 9.18 Å². The Hall–Kier alpha value is -4.53. The van der Waals surface area contributed by atoms with Gasteiger partial charge in [-0.1, -0.05) is 54.6 Å². The number of aliphatic hydroxyl groups is 1. The largest absolute Gasteiger partial charge is 0.444 e. The second-order valence-corrected chi connectivity index (χ2v) is 14.0. The zero-order valence-electron chi connectivity index (χ0n) is 30.4. The van der Waals surface area contributed by atoms with Gasteiger partial charge >= 0.3 is 18.4 Å². The van der Waals surface area contributed by atoms with E-state index < -0.39 is 41.0 Å². The molecular formula is C40H45F7N4O3. The smallest absolute Gasteiger partial charge is 0.416 e. The van der Waals surface area contributed by atoms with Crippen molar-refractivity contribution in [2.45, 2.75) is 77.9 Å². The highest BCUT2D eigenvalue weighted by Crippen LogP contribution is 2.31. The van der Waals surface area contributed by atoms with Crippen molar-refractivity contribution in [3.8, 4) is 0 Å². The Morgan fingerprint density at radius 3 is 1.63 bits per heavy atom. The molecule has 1 amide bonds. The Kier molecular flexibility index (Phi) is 14.6. The summed E-state index contributed by atoms with van der Waals surface area (Å²) in [6.07, 6.45) is -9.36. The lowest BCUT2D eigenvalue weighted by Crippen LogP contribution is -2.42. The molecule has 54 heavy (non-hydrogen) atoms. The van der Waals surface area contributed by atoms with Crippen molar-refractivity contribution < 1.29 is 45.4 Å². The standard InChI is InChI=1S/C40H45F7N4O3/c1-38(2,3)54-37(53)51(17-8-20-52)19-18-49(24-29-9-4-12-32(21-29)39(42,43)44)27-35-15-7-16-36(48-35)28-50(26-31-11-6-14-34(41)23-31)25-30-10-5-13-33(22-30)40(45,46)47/h4-7,9-16,21-23,52H,8,17-20,24-28H2,1-3H3. The molecule has 4 aromatic rings. The van der Waals surface area contributed by atoms with E-state index in [1.54, 1.807) is 63.2 Å². The van der Waals surface area contributed by atoms with Crippen LogP contribution < -0.4 is 0 Å². The van der Waals surface area contributed by atoms with Gasteiger partial charge in [0.15, 0.2) is 0 Å². The van der Waals surface area contributed by atoms with Gasteiger partial charge in [-0.2, -0.15) is 26.3 Å². The van der Waals surface area contributed by atoms with Gasteiger partial charge in [0.25, 0.3) is 0 Å². The summed E-state index contributed by atoms with van der Waals surface area (Å²) in [4.78, 5) is 23.0. The average Bonchev–Trinajstić information content (AvgIpc) is 3.07. The molecule has 0 saturated heterocycles. The minimum atomic E-state index is -4.54. The fourth-order valence-corrected chi connectivity index (χ4v) is 5.79. The summed E-state index contributed by atoms with van der Waals surface area (Å²) in [5.74, 6) is -0.450. The molecule has 1 N–H and O–H groups in total. The quantitative estimate of drug-likeness (QED) is 0.115. The summed E-state index contributed by atoms with van der Waals surface area (Å²) in [7, 11) is 0. The molecule has 0 aliphatic heterocycles. The van der Waals surface area contributed by atoms with Crippen molar-refractivity contribution >= 4 is 6.09 Å². The van der Waals surface area contributed by atoms with Crippen LogP contribution in [0.4, 0.5) is 35.5 Å². The minimum Gasteiger partial charge on any atom is -0.444 e. The molecule has 1 aromatic heterocycles. The fourth-order valence-electron chi connectivity index (χ4n) is 5.79. The molecule has 4 rings (SSSR count). The van der Waals surface area contributed by atoms with Crippen LogP contribution in [0.1, 0.15) is 66.4 Å². The van der Waals surface area contributed by atoms with Crippen molar-refractivity contribution in [3.05, 3.63) is 136 Å². The van der Waals surface area contributed by atoms with Gasteiger partial charge < -0.3 is 14.7 Å². The van der Waals surface area contributed by atoms with Gasteiger partial charge in [0.2, 0.25) is 0 Å². The second kappa shape index (κ2) is 18.7. The zero-order valence-corrected chi connectivity index (χ0v) is 30.4. The van der Waals surface area contributed by atoms with E-state index in [1.807, 2.05) is 9.80 Å². The van der Waals surface area contributed by atoms with Crippen LogP contribution in [0.3, 0.4) is 0 Å². The van der Waals surface area contributed by atoms with E-state index in [4.69, 9.17) is 9.72 Å². The van der Waals surface area contributed by atoms with Crippen LogP contribution in [0, 0.1) is 5.82 Å². The summed E-state index contributed by atoms with van der Waals surface area (Å²) in [6.45, 7) is 6.33. The first kappa shape index (κ1) is 42.2. The van der Waals surface area contributed by atoms with E-state index in [2.05, 4.69) is 0 Å². The van der Waals surface area contributed by atoms with Crippen LogP contribution in [0.15, 0.2) is 91.0 Å². The molecule has 14 heteroatoms. The number of rotatable bonds is 16. The van der Waals surface area contributed by atoms with Gasteiger partial charge in [-0.05, 0) is 80.3 Å². The van der Waals surface area contributed by atoms with Crippen molar-refractivity contribution in [1.82, 2.24) is 19.7 Å². The number of hydrogen-bond donors (Lipinski definition) is 1. The highest BCUT2D eigenvalue weighted by atomic mass is 19.4. The second-order valence-electron chi connectivity index (χ2n) is 14.0. The number of carbonyl (C=O) groups is 1. The molecule has 0 saturated carbocycles. The van der Waals surface area contributed by atoms with Crippen molar-refractivity contribution in [3.63, 3.8) is 0 Å². The van der Waals surface area contributed by atoms with E-state index in [0.29, 0.717) is 34.5 Å². The Labute approximate surface area is 311 Å². The molecule has 0 atom stereocenters. The molecule has 0 spiro atoms. The summed E-state index contributed by atoms with van der Waals surface area (Å²) in [5, 5.41) is 9.44. The Morgan fingerprint density at radius 2 is 1.13 bits per heavy atom. The fraction of sp³-hybridized carbons (Fsp3) is 0.400. The first-order valence-electron chi connectivity index (χ1n) is 17.4. The van der Waals surface area contributed by atoms with E-state index in [0.717, 1.165) is 24.3 Å². The molecular weight excluding hydrogens is 717 g/mol. The Bertz CT molecular complexity index is 1810. The lowest BCUT2D eigenvalue weighted by molar-refractivity contribution is -0.138. The third-order valence-corrected chi connectivity index (χ3v) is 8.18. The maximum atomic E-state index is 14.1. The highest BCUT2D eigenvalue weighted by molar-refractivity contribution is 5.68. The number of pyridine rings is 1. The lowest BCUT2D eigenvalue weighted by Gasteiger charge is -2.30. The Balaban J connectivity index is 1.60. The number of hydrogen-bond acceptors (Lipinski definition) is 6. The van der Waals surface area contributed by atoms with Gasteiger partial charge in [0.1, 0.15) is 11.4 Å². The van der Waals surface area contributed by atoms with Crippen LogP contribution in [-0.2, 0) is 49.8 Å². The summed E-state index contributed by atoms with van der Waals surface area (Å²) in [6, 6.07) is 21.2. The summed E-state index contributed by atoms with van der Waals surface area (Å²) >= 11 is 0. The first-order valence-corrected chi connectivity index (χ1v) is 17.4. The van der Waals surface area contributed by atoms with Crippen LogP contribution in [0.25, 0.3) is 0 Å². The molecule has 292 valence electrons. The van der Waals surface area contributed by atoms with Crippen LogP contribution in [0.2, 0.25) is 0 Å². The predicted molar refractivity (Wildman–Crippen MR) is 190 cm³/mol. The molecule has 0 aliphatic rings. The molecule has 0 fully saturated rings. The zero-order chi connectivity index (χ0) is 39.5. The number of carbonyl (C=O) groups excluding carboxylic acids is 1. The van der Waals surface area contributed by atoms with Gasteiger partial charge in [-0.15, -0.1) is 0 Å². The number of ether oxygens (including phenoxy) is 1. The highest BCUT2D eigenvalue weighted by Gasteiger charge is 2.31. The molecule has 0 unspecified atom stereocenters. The molecule has 1 heterocycles. The molecule has 3 aromatic carbocycles. The minimum absolute atomic E-state index is 0.0826.